The minimum absolute atomic E-state index is 0.0104. The molecule has 2 aliphatic heterocycles. The molecule has 0 bridgehead atoms. The number of sulfonamides is 1. The van der Waals surface area contributed by atoms with E-state index in [2.05, 4.69) is 9.98 Å². The van der Waals surface area contributed by atoms with Crippen LogP contribution in [0.1, 0.15) is 23.7 Å². The standard InChI is InChI=1S/C20H20F2N4O4S/c1-20(11-31(27,28)26(2)19(23)25-20)13-7-12(3-4-14(13)21)8-15(22)16-9-17-18(10-24-16)30-6-5-29-17/h3-4,7-10H,5-6,11H2,1-2H3,(H2,23,25)/b15-8-/t20-/m0/s1. The molecule has 11 heteroatoms. The van der Waals surface area contributed by atoms with Gasteiger partial charge in [-0.2, -0.15) is 0 Å². The monoisotopic (exact) mass is 450 g/mol. The number of nitrogens with two attached hydrogens (primary N) is 1. The molecule has 0 radical (unpaired) electrons. The molecule has 2 N–H and O–H groups in total. The van der Waals surface area contributed by atoms with Crippen LogP contribution in [0.15, 0.2) is 35.5 Å². The fourth-order valence-electron chi connectivity index (χ4n) is 3.43. The van der Waals surface area contributed by atoms with Gasteiger partial charge in [0.1, 0.15) is 36.1 Å². The Kier molecular flexibility index (Phi) is 5.08. The molecule has 2 aliphatic rings. The predicted octanol–water partition coefficient (Wildman–Crippen LogP) is 2.26. The van der Waals surface area contributed by atoms with Crippen LogP contribution >= 0.6 is 0 Å². The molecule has 0 amide bonds. The molecule has 1 atom stereocenters. The maximum atomic E-state index is 14.9. The van der Waals surface area contributed by atoms with Gasteiger partial charge in [0.15, 0.2) is 11.5 Å². The Balaban J connectivity index is 1.72. The summed E-state index contributed by atoms with van der Waals surface area (Å²) in [6.45, 7) is 2.21. The van der Waals surface area contributed by atoms with Gasteiger partial charge in [0, 0.05) is 18.7 Å². The average molecular weight is 450 g/mol. The maximum Gasteiger partial charge on any atom is 0.239 e. The molecule has 164 valence electrons. The first-order valence-electron chi connectivity index (χ1n) is 9.34. The number of ether oxygens (including phenoxy) is 2. The third kappa shape index (κ3) is 3.92. The van der Waals surface area contributed by atoms with E-state index in [1.54, 1.807) is 0 Å². The Morgan fingerprint density at radius 3 is 2.68 bits per heavy atom. The van der Waals surface area contributed by atoms with Gasteiger partial charge in [0.05, 0.1) is 11.9 Å². The van der Waals surface area contributed by atoms with E-state index >= 15 is 0 Å². The molecular weight excluding hydrogens is 430 g/mol. The summed E-state index contributed by atoms with van der Waals surface area (Å²) in [6, 6.07) is 5.27. The Morgan fingerprint density at radius 1 is 1.26 bits per heavy atom. The van der Waals surface area contributed by atoms with E-state index in [9.17, 15) is 17.2 Å². The van der Waals surface area contributed by atoms with E-state index in [0.29, 0.717) is 30.3 Å². The van der Waals surface area contributed by atoms with Crippen LogP contribution in [-0.2, 0) is 15.6 Å². The SMILES string of the molecule is CN1C(N)=N[C@](C)(c2cc(/C=C(\F)c3cc4c(cn3)OCCO4)ccc2F)CS1(=O)=O. The molecule has 0 saturated heterocycles. The molecule has 1 aromatic heterocycles. The Labute approximate surface area is 178 Å². The van der Waals surface area contributed by atoms with Gasteiger partial charge in [-0.25, -0.2) is 31.5 Å². The van der Waals surface area contributed by atoms with Crippen LogP contribution in [0, 0.1) is 5.82 Å². The zero-order valence-electron chi connectivity index (χ0n) is 16.8. The van der Waals surface area contributed by atoms with Crippen LogP contribution in [0.4, 0.5) is 8.78 Å². The average Bonchev–Trinajstić information content (AvgIpc) is 2.72. The lowest BCUT2D eigenvalue weighted by molar-refractivity contribution is 0.170. The normalized spacial score (nSPS) is 22.8. The van der Waals surface area contributed by atoms with Crippen LogP contribution in [0.2, 0.25) is 0 Å². The molecular formula is C20H20F2N4O4S. The van der Waals surface area contributed by atoms with Crippen molar-refractivity contribution in [1.82, 2.24) is 9.29 Å². The highest BCUT2D eigenvalue weighted by Crippen LogP contribution is 2.35. The Hall–Kier alpha value is -3.21. The first kappa shape index (κ1) is 21.0. The van der Waals surface area contributed by atoms with Crippen LogP contribution in [0.5, 0.6) is 11.5 Å². The Bertz CT molecular complexity index is 1220. The molecule has 31 heavy (non-hydrogen) atoms. The summed E-state index contributed by atoms with van der Waals surface area (Å²) >= 11 is 0. The summed E-state index contributed by atoms with van der Waals surface area (Å²) in [5.41, 5.74) is 4.59. The number of benzene rings is 1. The molecule has 0 saturated carbocycles. The second-order valence-electron chi connectivity index (χ2n) is 7.41. The fraction of sp³-hybridized carbons (Fsp3) is 0.300. The number of pyridine rings is 1. The number of aliphatic imine (C=N–C) groups is 1. The third-order valence-electron chi connectivity index (χ3n) is 5.10. The minimum Gasteiger partial charge on any atom is -0.486 e. The smallest absolute Gasteiger partial charge is 0.239 e. The van der Waals surface area contributed by atoms with Gasteiger partial charge >= 0.3 is 0 Å². The highest BCUT2D eigenvalue weighted by Gasteiger charge is 2.41. The molecule has 1 aromatic carbocycles. The summed E-state index contributed by atoms with van der Waals surface area (Å²) in [5, 5.41) is 0. The van der Waals surface area contributed by atoms with Gasteiger partial charge < -0.3 is 15.2 Å². The van der Waals surface area contributed by atoms with E-state index in [-0.39, 0.29) is 17.2 Å². The van der Waals surface area contributed by atoms with E-state index in [1.807, 2.05) is 0 Å². The van der Waals surface area contributed by atoms with Crippen molar-refractivity contribution < 1.29 is 26.7 Å². The third-order valence-corrected chi connectivity index (χ3v) is 7.05. The van der Waals surface area contributed by atoms with Gasteiger partial charge in [-0.15, -0.1) is 0 Å². The van der Waals surface area contributed by atoms with Gasteiger partial charge in [-0.05, 0) is 30.7 Å². The Morgan fingerprint density at radius 2 is 1.97 bits per heavy atom. The number of hydrogen-bond acceptors (Lipinski definition) is 7. The van der Waals surface area contributed by atoms with Crippen molar-refractivity contribution >= 4 is 27.9 Å². The molecule has 2 aromatic rings. The molecule has 8 nitrogen and oxygen atoms in total. The number of rotatable bonds is 3. The van der Waals surface area contributed by atoms with Gasteiger partial charge in [0.25, 0.3) is 0 Å². The molecule has 3 heterocycles. The lowest BCUT2D eigenvalue weighted by atomic mass is 9.92. The largest absolute Gasteiger partial charge is 0.486 e. The quantitative estimate of drug-likeness (QED) is 0.769. The van der Waals surface area contributed by atoms with E-state index < -0.39 is 33.0 Å². The zero-order chi connectivity index (χ0) is 22.4. The van der Waals surface area contributed by atoms with Crippen molar-refractivity contribution in [2.24, 2.45) is 10.7 Å². The van der Waals surface area contributed by atoms with Gasteiger partial charge in [0.2, 0.25) is 16.0 Å². The van der Waals surface area contributed by atoms with E-state index in [1.165, 1.54) is 44.4 Å². The number of hydrogen-bond donors (Lipinski definition) is 1. The van der Waals surface area contributed by atoms with Gasteiger partial charge in [-0.3, -0.25) is 0 Å². The number of aromatic nitrogens is 1. The highest BCUT2D eigenvalue weighted by molar-refractivity contribution is 7.89. The first-order chi connectivity index (χ1) is 14.6. The van der Waals surface area contributed by atoms with E-state index in [4.69, 9.17) is 15.2 Å². The molecule has 0 fully saturated rings. The molecule has 0 unspecified atom stereocenters. The van der Waals surface area contributed by atoms with Crippen LogP contribution < -0.4 is 15.2 Å². The summed E-state index contributed by atoms with van der Waals surface area (Å²) < 4.78 is 66.0. The number of guanidine groups is 1. The maximum absolute atomic E-state index is 14.9. The van der Waals surface area contributed by atoms with Crippen molar-refractivity contribution in [3.05, 3.63) is 53.1 Å². The van der Waals surface area contributed by atoms with E-state index in [0.717, 1.165) is 10.4 Å². The molecule has 0 aliphatic carbocycles. The van der Waals surface area contributed by atoms with Crippen LogP contribution in [0.25, 0.3) is 11.9 Å². The van der Waals surface area contributed by atoms with Crippen molar-refractivity contribution in [2.45, 2.75) is 12.5 Å². The topological polar surface area (TPSA) is 107 Å². The predicted molar refractivity (Wildman–Crippen MR) is 111 cm³/mol. The van der Waals surface area contributed by atoms with Crippen molar-refractivity contribution in [3.63, 3.8) is 0 Å². The van der Waals surface area contributed by atoms with Gasteiger partial charge in [-0.1, -0.05) is 6.07 Å². The van der Waals surface area contributed by atoms with Crippen molar-refractivity contribution in [3.8, 4) is 11.5 Å². The lowest BCUT2D eigenvalue weighted by Crippen LogP contribution is -2.50. The zero-order valence-corrected chi connectivity index (χ0v) is 17.6. The second-order valence-corrected chi connectivity index (χ2v) is 9.41. The summed E-state index contributed by atoms with van der Waals surface area (Å²) in [5.74, 6) is -1.27. The summed E-state index contributed by atoms with van der Waals surface area (Å²) in [4.78, 5) is 8.22. The second kappa shape index (κ2) is 7.49. The number of fused-ring (bicyclic) bond motifs is 1. The molecule has 0 spiro atoms. The number of nitrogens with zero attached hydrogens (tertiary/aromatic N) is 3. The highest BCUT2D eigenvalue weighted by atomic mass is 32.2. The first-order valence-corrected chi connectivity index (χ1v) is 11.0. The minimum atomic E-state index is -3.79. The summed E-state index contributed by atoms with van der Waals surface area (Å²) in [6.07, 6.45) is 2.54. The van der Waals surface area contributed by atoms with Crippen molar-refractivity contribution in [1.29, 1.82) is 0 Å². The number of halogens is 2. The lowest BCUT2D eigenvalue weighted by Gasteiger charge is -2.34. The van der Waals surface area contributed by atoms with Crippen molar-refractivity contribution in [2.75, 3.05) is 26.0 Å². The molecule has 4 rings (SSSR count). The summed E-state index contributed by atoms with van der Waals surface area (Å²) in [7, 11) is -2.51. The van der Waals surface area contributed by atoms with Crippen LogP contribution in [-0.4, -0.2) is 49.7 Å². The fourth-order valence-corrected chi connectivity index (χ4v) is 4.88. The van der Waals surface area contributed by atoms with Crippen LogP contribution in [0.3, 0.4) is 0 Å².